The highest BCUT2D eigenvalue weighted by Gasteiger charge is 2.57. The fraction of sp³-hybridized carbons (Fsp3) is 0.538. The lowest BCUT2D eigenvalue weighted by Crippen LogP contribution is -2.54. The number of ether oxygens (including phenoxy) is 4. The first-order valence-electron chi connectivity index (χ1n) is 5.59. The zero-order chi connectivity index (χ0) is 14.5. The summed E-state index contributed by atoms with van der Waals surface area (Å²) in [5, 5.41) is 0. The van der Waals surface area contributed by atoms with Crippen molar-refractivity contribution in [2.75, 3.05) is 28.4 Å². The summed E-state index contributed by atoms with van der Waals surface area (Å²) in [5.74, 6) is -1.12. The average molecular weight is 398 g/mol. The third-order valence-corrected chi connectivity index (χ3v) is 4.68. The lowest BCUT2D eigenvalue weighted by molar-refractivity contribution is -0.257. The molecule has 108 valence electrons. The van der Waals surface area contributed by atoms with Crippen molar-refractivity contribution < 1.29 is 18.9 Å². The maximum atomic E-state index is 5.65. The number of halogens is 2. The third-order valence-electron chi connectivity index (χ3n) is 2.89. The molecule has 0 saturated carbocycles. The average Bonchev–Trinajstić information content (AvgIpc) is 2.42. The van der Waals surface area contributed by atoms with E-state index in [0.29, 0.717) is 0 Å². The Hall–Kier alpha value is 0.0200. The van der Waals surface area contributed by atoms with Gasteiger partial charge in [-0.1, -0.05) is 62.2 Å². The Labute approximate surface area is 130 Å². The van der Waals surface area contributed by atoms with Crippen molar-refractivity contribution in [3.05, 3.63) is 35.9 Å². The maximum absolute atomic E-state index is 5.65. The van der Waals surface area contributed by atoms with Gasteiger partial charge in [-0.05, 0) is 0 Å². The molecule has 6 heteroatoms. The summed E-state index contributed by atoms with van der Waals surface area (Å²) in [5.41, 5.74) is 0.827. The van der Waals surface area contributed by atoms with Crippen molar-refractivity contribution in [2.24, 2.45) is 0 Å². The van der Waals surface area contributed by atoms with Crippen LogP contribution in [0.3, 0.4) is 0 Å². The lowest BCUT2D eigenvalue weighted by atomic mass is 10.0. The molecule has 0 atom stereocenters. The summed E-state index contributed by atoms with van der Waals surface area (Å²) in [6, 6.07) is 9.56. The van der Waals surface area contributed by atoms with Crippen LogP contribution in [0.4, 0.5) is 0 Å². The molecule has 0 spiro atoms. The first-order chi connectivity index (χ1) is 9.00. The van der Waals surface area contributed by atoms with Gasteiger partial charge in [0.1, 0.15) is 0 Å². The molecule has 0 radical (unpaired) electrons. The molecule has 1 aromatic rings. The van der Waals surface area contributed by atoms with Gasteiger partial charge in [0, 0.05) is 34.0 Å². The van der Waals surface area contributed by atoms with Crippen LogP contribution in [0.5, 0.6) is 0 Å². The quantitative estimate of drug-likeness (QED) is 0.522. The van der Waals surface area contributed by atoms with Gasteiger partial charge < -0.3 is 18.9 Å². The Morgan fingerprint density at radius 2 is 1.37 bits per heavy atom. The Balaban J connectivity index is 3.33. The molecule has 0 fully saturated rings. The first-order valence-corrected chi connectivity index (χ1v) is 7.18. The van der Waals surface area contributed by atoms with Crippen molar-refractivity contribution in [2.45, 2.75) is 15.3 Å². The summed E-state index contributed by atoms with van der Waals surface area (Å²) in [6.45, 7) is 0. The topological polar surface area (TPSA) is 36.9 Å². The Morgan fingerprint density at radius 3 is 1.74 bits per heavy atom. The van der Waals surface area contributed by atoms with E-state index in [9.17, 15) is 0 Å². The predicted octanol–water partition coefficient (Wildman–Crippen LogP) is 3.24. The minimum Gasteiger partial charge on any atom is -0.353 e. The first kappa shape index (κ1) is 17.1. The van der Waals surface area contributed by atoms with E-state index in [1.54, 1.807) is 28.4 Å². The van der Waals surface area contributed by atoms with Crippen LogP contribution in [0.2, 0.25) is 0 Å². The largest absolute Gasteiger partial charge is 0.353 e. The van der Waals surface area contributed by atoms with Gasteiger partial charge >= 0.3 is 0 Å². The van der Waals surface area contributed by atoms with E-state index in [1.165, 1.54) is 0 Å². The zero-order valence-corrected chi connectivity index (χ0v) is 14.5. The van der Waals surface area contributed by atoms with Gasteiger partial charge in [-0.3, -0.25) is 0 Å². The molecular weight excluding hydrogens is 380 g/mol. The molecule has 0 aliphatic heterocycles. The highest BCUT2D eigenvalue weighted by molar-refractivity contribution is 9.25. The fourth-order valence-electron chi connectivity index (χ4n) is 1.99. The van der Waals surface area contributed by atoms with Crippen LogP contribution in [0.25, 0.3) is 0 Å². The van der Waals surface area contributed by atoms with Gasteiger partial charge in [0.2, 0.25) is 5.79 Å². The van der Waals surface area contributed by atoms with Crippen molar-refractivity contribution in [3.63, 3.8) is 0 Å². The number of hydrogen-bond acceptors (Lipinski definition) is 4. The molecule has 0 aromatic heterocycles. The van der Waals surface area contributed by atoms with Crippen LogP contribution in [0, 0.1) is 0 Å². The summed E-state index contributed by atoms with van der Waals surface area (Å²) < 4.78 is 21.0. The number of hydrogen-bond donors (Lipinski definition) is 0. The van der Waals surface area contributed by atoms with Crippen LogP contribution in [0.1, 0.15) is 5.56 Å². The zero-order valence-electron chi connectivity index (χ0n) is 11.4. The van der Waals surface area contributed by atoms with E-state index in [4.69, 9.17) is 18.9 Å². The number of methoxy groups -OCH3 is 4. The Morgan fingerprint density at radius 1 is 0.895 bits per heavy atom. The fourth-order valence-corrected chi connectivity index (χ4v) is 3.84. The second-order valence-electron chi connectivity index (χ2n) is 3.82. The second-order valence-corrected chi connectivity index (χ2v) is 7.38. The summed E-state index contributed by atoms with van der Waals surface area (Å²) in [6.07, 6.45) is -0.632. The summed E-state index contributed by atoms with van der Waals surface area (Å²) >= 11 is 7.13. The molecule has 0 heterocycles. The van der Waals surface area contributed by atoms with Crippen LogP contribution in [-0.4, -0.2) is 38.0 Å². The minimum absolute atomic E-state index is 0.632. The second kappa shape index (κ2) is 7.15. The van der Waals surface area contributed by atoms with E-state index in [2.05, 4.69) is 31.9 Å². The van der Waals surface area contributed by atoms with Crippen LogP contribution in [-0.2, 0) is 24.7 Å². The van der Waals surface area contributed by atoms with Gasteiger partial charge in [-0.2, -0.15) is 0 Å². The highest BCUT2D eigenvalue weighted by atomic mass is 79.9. The Kier molecular flexibility index (Phi) is 6.42. The minimum atomic E-state index is -1.12. The Bertz CT molecular complexity index is 375. The van der Waals surface area contributed by atoms with Gasteiger partial charge in [-0.25, -0.2) is 0 Å². The van der Waals surface area contributed by atoms with Crippen LogP contribution in [0.15, 0.2) is 30.3 Å². The van der Waals surface area contributed by atoms with Crippen molar-refractivity contribution >= 4 is 31.9 Å². The van der Waals surface area contributed by atoms with Crippen LogP contribution >= 0.6 is 31.9 Å². The molecule has 0 saturated heterocycles. The number of rotatable bonds is 7. The van der Waals surface area contributed by atoms with Gasteiger partial charge in [-0.15, -0.1) is 0 Å². The van der Waals surface area contributed by atoms with E-state index in [0.717, 1.165) is 5.56 Å². The van der Waals surface area contributed by atoms with Gasteiger partial charge in [0.05, 0.1) is 0 Å². The van der Waals surface area contributed by atoms with E-state index >= 15 is 0 Å². The van der Waals surface area contributed by atoms with E-state index in [1.807, 2.05) is 30.3 Å². The van der Waals surface area contributed by atoms with Crippen molar-refractivity contribution in [1.29, 1.82) is 0 Å². The molecular formula is C13H18Br2O4. The summed E-state index contributed by atoms with van der Waals surface area (Å²) in [7, 11) is 6.23. The lowest BCUT2D eigenvalue weighted by Gasteiger charge is -2.44. The van der Waals surface area contributed by atoms with Gasteiger partial charge in [0.25, 0.3) is 0 Å². The smallest absolute Gasteiger partial charge is 0.225 e. The standard InChI is InChI=1S/C13H18Br2O4/c1-16-11(17-2)12(14,15)13(18-3,19-4)10-8-6-5-7-9-10/h5-9,11H,1-4H3. The maximum Gasteiger partial charge on any atom is 0.225 e. The molecule has 1 rings (SSSR count). The normalized spacial score (nSPS) is 13.0. The van der Waals surface area contributed by atoms with E-state index < -0.39 is 15.3 Å². The molecule has 0 unspecified atom stereocenters. The summed E-state index contributed by atoms with van der Waals surface area (Å²) in [4.78, 5) is 0. The van der Waals surface area contributed by atoms with Crippen LogP contribution < -0.4 is 0 Å². The highest BCUT2D eigenvalue weighted by Crippen LogP contribution is 2.50. The number of alkyl halides is 2. The molecule has 0 aliphatic rings. The van der Waals surface area contributed by atoms with Gasteiger partial charge in [0.15, 0.2) is 9.52 Å². The van der Waals surface area contributed by atoms with E-state index in [-0.39, 0.29) is 0 Å². The van der Waals surface area contributed by atoms with Crippen molar-refractivity contribution in [1.82, 2.24) is 0 Å². The third kappa shape index (κ3) is 3.04. The monoisotopic (exact) mass is 396 g/mol. The molecule has 0 bridgehead atoms. The molecule has 4 nitrogen and oxygen atoms in total. The predicted molar refractivity (Wildman–Crippen MR) is 80.5 cm³/mol. The molecule has 0 N–H and O–H groups in total. The number of benzene rings is 1. The van der Waals surface area contributed by atoms with Crippen molar-refractivity contribution in [3.8, 4) is 0 Å². The molecule has 0 amide bonds. The molecule has 19 heavy (non-hydrogen) atoms. The SMILES string of the molecule is COC(OC)C(Br)(Br)C(OC)(OC)c1ccccc1. The molecule has 1 aromatic carbocycles. The molecule has 0 aliphatic carbocycles.